The van der Waals surface area contributed by atoms with E-state index < -0.39 is 21.4 Å². The molecule has 1 aromatic rings. The number of hydrogen-bond donors (Lipinski definition) is 1. The van der Waals surface area contributed by atoms with Crippen molar-refractivity contribution >= 4 is 27.3 Å². The quantitative estimate of drug-likeness (QED) is 0.908. The van der Waals surface area contributed by atoms with E-state index in [-0.39, 0.29) is 17.3 Å². The predicted octanol–water partition coefficient (Wildman–Crippen LogP) is 1.50. The lowest BCUT2D eigenvalue weighted by atomic mass is 9.85. The molecule has 6 nitrogen and oxygen atoms in total. The minimum atomic E-state index is -3.71. The van der Waals surface area contributed by atoms with E-state index in [4.69, 9.17) is 5.26 Å². The van der Waals surface area contributed by atoms with Gasteiger partial charge >= 0.3 is 5.97 Å². The van der Waals surface area contributed by atoms with Crippen molar-refractivity contribution in [3.8, 4) is 6.07 Å². The summed E-state index contributed by atoms with van der Waals surface area (Å²) in [6, 6.07) is 4.75. The van der Waals surface area contributed by atoms with Crippen LogP contribution in [0.25, 0.3) is 0 Å². The highest BCUT2D eigenvalue weighted by Crippen LogP contribution is 2.37. The SMILES string of the molecule is CCC1(C(=O)O)CCN(S(=O)(=O)c2ccc(C#N)s2)C1. The van der Waals surface area contributed by atoms with Gasteiger partial charge < -0.3 is 5.11 Å². The van der Waals surface area contributed by atoms with E-state index in [9.17, 15) is 18.3 Å². The molecule has 1 aromatic heterocycles. The number of hydrogen-bond acceptors (Lipinski definition) is 5. The van der Waals surface area contributed by atoms with Crippen LogP contribution >= 0.6 is 11.3 Å². The Balaban J connectivity index is 2.29. The number of carboxylic acids is 1. The lowest BCUT2D eigenvalue weighted by molar-refractivity contribution is -0.148. The molecule has 0 saturated carbocycles. The Morgan fingerprint density at radius 2 is 2.30 bits per heavy atom. The number of thiophene rings is 1. The van der Waals surface area contributed by atoms with E-state index in [0.29, 0.717) is 17.7 Å². The molecule has 108 valence electrons. The zero-order valence-electron chi connectivity index (χ0n) is 10.9. The fraction of sp³-hybridized carbons (Fsp3) is 0.500. The van der Waals surface area contributed by atoms with E-state index in [1.165, 1.54) is 16.4 Å². The summed E-state index contributed by atoms with van der Waals surface area (Å²) in [7, 11) is -3.71. The number of carboxylic acid groups (broad SMARTS) is 1. The van der Waals surface area contributed by atoms with Crippen LogP contribution in [-0.2, 0) is 14.8 Å². The molecule has 20 heavy (non-hydrogen) atoms. The van der Waals surface area contributed by atoms with Gasteiger partial charge in [-0.25, -0.2) is 8.42 Å². The van der Waals surface area contributed by atoms with Gasteiger partial charge in [0.1, 0.15) is 15.2 Å². The van der Waals surface area contributed by atoms with Crippen LogP contribution in [-0.4, -0.2) is 36.9 Å². The standard InChI is InChI=1S/C12H14N2O4S2/c1-2-12(11(15)16)5-6-14(8-12)20(17,18)10-4-3-9(7-13)19-10/h3-4H,2,5-6,8H2,1H3,(H,15,16). The van der Waals surface area contributed by atoms with Gasteiger partial charge in [-0.2, -0.15) is 9.57 Å². The molecule has 2 rings (SSSR count). The van der Waals surface area contributed by atoms with Crippen molar-refractivity contribution in [1.82, 2.24) is 4.31 Å². The highest BCUT2D eigenvalue weighted by atomic mass is 32.2. The first kappa shape index (κ1) is 15.0. The Kier molecular flexibility index (Phi) is 3.86. The summed E-state index contributed by atoms with van der Waals surface area (Å²) >= 11 is 0.905. The summed E-state index contributed by atoms with van der Waals surface area (Å²) in [5, 5.41) is 18.0. The highest BCUT2D eigenvalue weighted by Gasteiger charge is 2.47. The molecule has 0 amide bonds. The largest absolute Gasteiger partial charge is 0.481 e. The van der Waals surface area contributed by atoms with Crippen LogP contribution in [0.15, 0.2) is 16.3 Å². The van der Waals surface area contributed by atoms with Gasteiger partial charge in [0.05, 0.1) is 5.41 Å². The monoisotopic (exact) mass is 314 g/mol. The van der Waals surface area contributed by atoms with Crippen molar-refractivity contribution < 1.29 is 18.3 Å². The van der Waals surface area contributed by atoms with E-state index in [2.05, 4.69) is 0 Å². The lowest BCUT2D eigenvalue weighted by Crippen LogP contribution is -2.36. The highest BCUT2D eigenvalue weighted by molar-refractivity contribution is 7.91. The normalized spacial score (nSPS) is 23.6. The maximum Gasteiger partial charge on any atom is 0.311 e. The van der Waals surface area contributed by atoms with Crippen LogP contribution in [0.1, 0.15) is 24.6 Å². The molecular weight excluding hydrogens is 300 g/mol. The summed E-state index contributed by atoms with van der Waals surface area (Å²) < 4.78 is 26.1. The number of nitrogens with zero attached hydrogens (tertiary/aromatic N) is 2. The molecule has 0 bridgehead atoms. The molecule has 1 fully saturated rings. The molecule has 1 atom stereocenters. The first-order chi connectivity index (χ1) is 9.35. The first-order valence-electron chi connectivity index (χ1n) is 6.09. The Hall–Kier alpha value is -1.43. The summed E-state index contributed by atoms with van der Waals surface area (Å²) in [6.07, 6.45) is 0.705. The van der Waals surface area contributed by atoms with Gasteiger partial charge in [-0.3, -0.25) is 4.79 Å². The Morgan fingerprint density at radius 1 is 1.60 bits per heavy atom. The number of carbonyl (C=O) groups is 1. The van der Waals surface area contributed by atoms with Crippen molar-refractivity contribution in [2.75, 3.05) is 13.1 Å². The smallest absolute Gasteiger partial charge is 0.311 e. The third kappa shape index (κ3) is 2.32. The van der Waals surface area contributed by atoms with Crippen molar-refractivity contribution in [1.29, 1.82) is 5.26 Å². The zero-order chi connectivity index (χ0) is 15.0. The van der Waals surface area contributed by atoms with Crippen molar-refractivity contribution in [3.05, 3.63) is 17.0 Å². The van der Waals surface area contributed by atoms with Crippen molar-refractivity contribution in [2.45, 2.75) is 24.0 Å². The molecule has 0 radical (unpaired) electrons. The summed E-state index contributed by atoms with van der Waals surface area (Å²) in [5.41, 5.74) is -0.998. The second kappa shape index (κ2) is 5.16. The van der Waals surface area contributed by atoms with Crippen LogP contribution < -0.4 is 0 Å². The second-order valence-corrected chi connectivity index (χ2v) is 8.01. The molecule has 1 saturated heterocycles. The van der Waals surface area contributed by atoms with E-state index in [0.717, 1.165) is 11.3 Å². The third-order valence-corrected chi connectivity index (χ3v) is 7.04. The van der Waals surface area contributed by atoms with Crippen LogP contribution in [0.3, 0.4) is 0 Å². The van der Waals surface area contributed by atoms with Gasteiger partial charge in [0.2, 0.25) is 0 Å². The van der Waals surface area contributed by atoms with Gasteiger partial charge in [0.15, 0.2) is 0 Å². The molecular formula is C12H14N2O4S2. The summed E-state index contributed by atoms with van der Waals surface area (Å²) in [4.78, 5) is 11.7. The second-order valence-electron chi connectivity index (χ2n) is 4.76. The lowest BCUT2D eigenvalue weighted by Gasteiger charge is -2.22. The molecule has 1 aliphatic rings. The van der Waals surface area contributed by atoms with Gasteiger partial charge in [-0.1, -0.05) is 6.92 Å². The van der Waals surface area contributed by atoms with Gasteiger partial charge in [0.25, 0.3) is 10.0 Å². The fourth-order valence-electron chi connectivity index (χ4n) is 2.30. The van der Waals surface area contributed by atoms with Crippen LogP contribution in [0, 0.1) is 16.7 Å². The topological polar surface area (TPSA) is 98.5 Å². The Labute approximate surface area is 121 Å². The van der Waals surface area contributed by atoms with E-state index in [1.54, 1.807) is 6.92 Å². The molecule has 2 heterocycles. The minimum Gasteiger partial charge on any atom is -0.481 e. The molecule has 8 heteroatoms. The molecule has 1 unspecified atom stereocenters. The average molecular weight is 314 g/mol. The molecule has 1 N–H and O–H groups in total. The number of aliphatic carboxylic acids is 1. The van der Waals surface area contributed by atoms with Crippen LogP contribution in [0.2, 0.25) is 0 Å². The number of nitriles is 1. The summed E-state index contributed by atoms with van der Waals surface area (Å²) in [5.74, 6) is -0.957. The fourth-order valence-corrected chi connectivity index (χ4v) is 5.08. The van der Waals surface area contributed by atoms with Crippen molar-refractivity contribution in [2.24, 2.45) is 5.41 Å². The number of sulfonamides is 1. The van der Waals surface area contributed by atoms with Gasteiger partial charge in [0, 0.05) is 13.1 Å². The minimum absolute atomic E-state index is 0.0129. The average Bonchev–Trinajstić information content (AvgIpc) is 3.06. The van der Waals surface area contributed by atoms with Gasteiger partial charge in [-0.15, -0.1) is 11.3 Å². The van der Waals surface area contributed by atoms with E-state index in [1.807, 2.05) is 6.07 Å². The Morgan fingerprint density at radius 3 is 2.75 bits per heavy atom. The third-order valence-electron chi connectivity index (χ3n) is 3.73. The van der Waals surface area contributed by atoms with Gasteiger partial charge in [-0.05, 0) is 25.0 Å². The summed E-state index contributed by atoms with van der Waals surface area (Å²) in [6.45, 7) is 1.94. The predicted molar refractivity (Wildman–Crippen MR) is 72.8 cm³/mol. The zero-order valence-corrected chi connectivity index (χ0v) is 12.5. The molecule has 0 spiro atoms. The molecule has 0 aliphatic carbocycles. The van der Waals surface area contributed by atoms with E-state index >= 15 is 0 Å². The van der Waals surface area contributed by atoms with Crippen LogP contribution in [0.5, 0.6) is 0 Å². The van der Waals surface area contributed by atoms with Crippen molar-refractivity contribution in [3.63, 3.8) is 0 Å². The molecule has 0 aromatic carbocycles. The number of rotatable bonds is 4. The first-order valence-corrected chi connectivity index (χ1v) is 8.35. The maximum atomic E-state index is 12.4. The maximum absolute atomic E-state index is 12.4. The molecule has 1 aliphatic heterocycles. The van der Waals surface area contributed by atoms with Crippen LogP contribution in [0.4, 0.5) is 0 Å². The Bertz CT molecular complexity index is 674.